The van der Waals surface area contributed by atoms with Gasteiger partial charge in [-0.2, -0.15) is 0 Å². The van der Waals surface area contributed by atoms with Crippen LogP contribution in [0.15, 0.2) is 24.3 Å². The molecule has 0 spiro atoms. The Bertz CT molecular complexity index is 801. The van der Waals surface area contributed by atoms with Gasteiger partial charge < -0.3 is 0 Å². The van der Waals surface area contributed by atoms with Crippen molar-refractivity contribution >= 4 is 0 Å². The van der Waals surface area contributed by atoms with Crippen LogP contribution in [0.3, 0.4) is 0 Å². The van der Waals surface area contributed by atoms with E-state index in [1.165, 1.54) is 44.1 Å². The minimum atomic E-state index is -1.36. The van der Waals surface area contributed by atoms with Crippen LogP contribution in [0.1, 0.15) is 68.1 Å². The van der Waals surface area contributed by atoms with E-state index in [0.29, 0.717) is 17.9 Å². The van der Waals surface area contributed by atoms with Crippen molar-refractivity contribution in [2.45, 2.75) is 57.8 Å². The Labute approximate surface area is 147 Å². The molecule has 2 aromatic carbocycles. The van der Waals surface area contributed by atoms with Crippen molar-refractivity contribution in [3.8, 4) is 11.1 Å². The van der Waals surface area contributed by atoms with Crippen LogP contribution in [0, 0.1) is 23.4 Å². The summed E-state index contributed by atoms with van der Waals surface area (Å²) in [5.41, 5.74) is 3.92. The standard InChI is InChI=1S/C22H23F3/c1-2-3-13-4-6-14(7-5-13)15-8-9-17-16(10-15)11-19-18(17)12-20(23)22(25)21(19)24/h8-10,12-14H,2-7,11H2,1H3. The van der Waals surface area contributed by atoms with Gasteiger partial charge in [-0.3, -0.25) is 0 Å². The number of fused-ring (bicyclic) bond motifs is 3. The van der Waals surface area contributed by atoms with E-state index in [4.69, 9.17) is 0 Å². The van der Waals surface area contributed by atoms with Crippen molar-refractivity contribution in [3.63, 3.8) is 0 Å². The van der Waals surface area contributed by atoms with Gasteiger partial charge in [-0.15, -0.1) is 0 Å². The number of halogens is 3. The van der Waals surface area contributed by atoms with Gasteiger partial charge in [0.1, 0.15) is 0 Å². The topological polar surface area (TPSA) is 0 Å². The average Bonchev–Trinajstić information content (AvgIpc) is 2.98. The monoisotopic (exact) mass is 344 g/mol. The van der Waals surface area contributed by atoms with Crippen molar-refractivity contribution in [3.05, 3.63) is 58.4 Å². The average molecular weight is 344 g/mol. The summed E-state index contributed by atoms with van der Waals surface area (Å²) in [5, 5.41) is 0. The zero-order valence-electron chi connectivity index (χ0n) is 14.5. The Morgan fingerprint density at radius 1 is 0.920 bits per heavy atom. The molecule has 1 fully saturated rings. The van der Waals surface area contributed by atoms with Crippen LogP contribution in [0.5, 0.6) is 0 Å². The van der Waals surface area contributed by atoms with Gasteiger partial charge in [-0.25, -0.2) is 13.2 Å². The molecule has 0 atom stereocenters. The Balaban J connectivity index is 1.59. The third-order valence-corrected chi connectivity index (χ3v) is 6.07. The van der Waals surface area contributed by atoms with Crippen LogP contribution < -0.4 is 0 Å². The van der Waals surface area contributed by atoms with Gasteiger partial charge in [-0.05, 0) is 65.8 Å². The minimum absolute atomic E-state index is 0.290. The predicted octanol–water partition coefficient (Wildman–Crippen LogP) is 6.75. The van der Waals surface area contributed by atoms with Crippen LogP contribution in [0.4, 0.5) is 13.2 Å². The highest BCUT2D eigenvalue weighted by molar-refractivity contribution is 5.77. The van der Waals surface area contributed by atoms with Crippen molar-refractivity contribution < 1.29 is 13.2 Å². The smallest absolute Gasteiger partial charge is 0.194 e. The lowest BCUT2D eigenvalue weighted by atomic mass is 9.77. The van der Waals surface area contributed by atoms with E-state index in [9.17, 15) is 13.2 Å². The maximum absolute atomic E-state index is 14.1. The molecular formula is C22H23F3. The first kappa shape index (κ1) is 16.7. The fraction of sp³-hybridized carbons (Fsp3) is 0.455. The second-order valence-corrected chi connectivity index (χ2v) is 7.61. The van der Waals surface area contributed by atoms with Gasteiger partial charge in [0, 0.05) is 12.0 Å². The third kappa shape index (κ3) is 2.88. The fourth-order valence-electron chi connectivity index (χ4n) is 4.71. The molecule has 0 aromatic heterocycles. The predicted molar refractivity (Wildman–Crippen MR) is 94.2 cm³/mol. The highest BCUT2D eigenvalue weighted by atomic mass is 19.2. The molecule has 0 aliphatic heterocycles. The van der Waals surface area contributed by atoms with Crippen molar-refractivity contribution in [1.82, 2.24) is 0 Å². The van der Waals surface area contributed by atoms with Crippen LogP contribution in [0.2, 0.25) is 0 Å². The van der Waals surface area contributed by atoms with E-state index in [2.05, 4.69) is 19.1 Å². The quantitative estimate of drug-likeness (QED) is 0.461. The van der Waals surface area contributed by atoms with Gasteiger partial charge in [0.15, 0.2) is 17.5 Å². The molecule has 4 rings (SSSR count). The normalized spacial score (nSPS) is 21.9. The van der Waals surface area contributed by atoms with Crippen LogP contribution >= 0.6 is 0 Å². The molecule has 25 heavy (non-hydrogen) atoms. The van der Waals surface area contributed by atoms with Crippen LogP contribution in [0.25, 0.3) is 11.1 Å². The Morgan fingerprint density at radius 3 is 2.40 bits per heavy atom. The molecule has 0 N–H and O–H groups in total. The second-order valence-electron chi connectivity index (χ2n) is 7.61. The molecule has 2 aliphatic carbocycles. The summed E-state index contributed by atoms with van der Waals surface area (Å²) in [7, 11) is 0. The third-order valence-electron chi connectivity index (χ3n) is 6.07. The maximum Gasteiger partial charge on any atom is 0.194 e. The molecule has 2 aliphatic rings. The van der Waals surface area contributed by atoms with E-state index in [0.717, 1.165) is 23.1 Å². The number of hydrogen-bond acceptors (Lipinski definition) is 0. The molecule has 0 heterocycles. The maximum atomic E-state index is 14.1. The lowest BCUT2D eigenvalue weighted by molar-refractivity contribution is 0.308. The highest BCUT2D eigenvalue weighted by Crippen LogP contribution is 2.43. The van der Waals surface area contributed by atoms with E-state index >= 15 is 0 Å². The molecular weight excluding hydrogens is 321 g/mol. The lowest BCUT2D eigenvalue weighted by Crippen LogP contribution is -2.13. The van der Waals surface area contributed by atoms with Gasteiger partial charge in [0.05, 0.1) is 0 Å². The Morgan fingerprint density at radius 2 is 1.68 bits per heavy atom. The fourth-order valence-corrected chi connectivity index (χ4v) is 4.71. The number of hydrogen-bond donors (Lipinski definition) is 0. The summed E-state index contributed by atoms with van der Waals surface area (Å²) in [6, 6.07) is 7.33. The van der Waals surface area contributed by atoms with Crippen molar-refractivity contribution in [2.24, 2.45) is 5.92 Å². The van der Waals surface area contributed by atoms with Crippen molar-refractivity contribution in [1.29, 1.82) is 0 Å². The van der Waals surface area contributed by atoms with E-state index in [-0.39, 0.29) is 5.56 Å². The summed E-state index contributed by atoms with van der Waals surface area (Å²) >= 11 is 0. The summed E-state index contributed by atoms with van der Waals surface area (Å²) in [6.07, 6.45) is 7.89. The lowest BCUT2D eigenvalue weighted by Gasteiger charge is -2.29. The zero-order valence-corrected chi connectivity index (χ0v) is 14.5. The van der Waals surface area contributed by atoms with E-state index in [1.54, 1.807) is 0 Å². The first-order chi connectivity index (χ1) is 12.1. The second kappa shape index (κ2) is 6.51. The number of benzene rings is 2. The largest absolute Gasteiger partial charge is 0.204 e. The molecule has 0 amide bonds. The van der Waals surface area contributed by atoms with E-state index < -0.39 is 17.5 Å². The van der Waals surface area contributed by atoms with Crippen molar-refractivity contribution in [2.75, 3.05) is 0 Å². The molecule has 132 valence electrons. The summed E-state index contributed by atoms with van der Waals surface area (Å²) < 4.78 is 41.2. The van der Waals surface area contributed by atoms with Gasteiger partial charge in [0.25, 0.3) is 0 Å². The molecule has 0 radical (unpaired) electrons. The van der Waals surface area contributed by atoms with Crippen LogP contribution in [-0.4, -0.2) is 0 Å². The molecule has 2 aromatic rings. The molecule has 1 saturated carbocycles. The zero-order chi connectivity index (χ0) is 17.6. The van der Waals surface area contributed by atoms with Gasteiger partial charge >= 0.3 is 0 Å². The summed E-state index contributed by atoms with van der Waals surface area (Å²) in [6.45, 7) is 2.25. The van der Waals surface area contributed by atoms with Gasteiger partial charge in [-0.1, -0.05) is 38.0 Å². The Hall–Kier alpha value is -1.77. The molecule has 0 saturated heterocycles. The number of rotatable bonds is 3. The first-order valence-electron chi connectivity index (χ1n) is 9.38. The Kier molecular flexibility index (Phi) is 4.35. The summed E-state index contributed by atoms with van der Waals surface area (Å²) in [5.74, 6) is -2.09. The summed E-state index contributed by atoms with van der Waals surface area (Å²) in [4.78, 5) is 0. The van der Waals surface area contributed by atoms with Crippen LogP contribution in [-0.2, 0) is 6.42 Å². The SMILES string of the molecule is CCCC1CCC(c2ccc3c(c2)Cc2c-3cc(F)c(F)c2F)CC1. The minimum Gasteiger partial charge on any atom is -0.204 e. The molecule has 0 unspecified atom stereocenters. The molecule has 0 bridgehead atoms. The molecule has 3 heteroatoms. The first-order valence-corrected chi connectivity index (χ1v) is 9.38. The molecule has 0 nitrogen and oxygen atoms in total. The highest BCUT2D eigenvalue weighted by Gasteiger charge is 2.28. The van der Waals surface area contributed by atoms with Gasteiger partial charge in [0.2, 0.25) is 0 Å². The van der Waals surface area contributed by atoms with E-state index in [1.807, 2.05) is 6.07 Å².